The number of nitrogens with zero attached hydrogens (tertiary/aromatic N) is 5. The monoisotopic (exact) mass is 470 g/mol. The Morgan fingerprint density at radius 3 is 2.91 bits per heavy atom. The highest BCUT2D eigenvalue weighted by atomic mass is 19.1. The molecule has 9 nitrogen and oxygen atoms in total. The third-order valence-corrected chi connectivity index (χ3v) is 7.33. The summed E-state index contributed by atoms with van der Waals surface area (Å²) in [4.78, 5) is 23.8. The fourth-order valence-corrected chi connectivity index (χ4v) is 5.32. The largest absolute Gasteiger partial charge is 0.422 e. The van der Waals surface area contributed by atoms with Gasteiger partial charge in [0.1, 0.15) is 17.3 Å². The maximum absolute atomic E-state index is 14.5. The van der Waals surface area contributed by atoms with Gasteiger partial charge in [0, 0.05) is 49.2 Å². The summed E-state index contributed by atoms with van der Waals surface area (Å²) >= 11 is 0. The lowest BCUT2D eigenvalue weighted by molar-refractivity contribution is 0.442. The average Bonchev–Trinajstić information content (AvgIpc) is 3.17. The molecule has 0 bridgehead atoms. The second-order valence-corrected chi connectivity index (χ2v) is 9.46. The number of nitrogens with two attached hydrogens (primary N) is 1. The molecule has 4 aromatic heterocycles. The van der Waals surface area contributed by atoms with E-state index in [0.717, 1.165) is 53.3 Å². The molecule has 1 saturated carbocycles. The highest BCUT2D eigenvalue weighted by Crippen LogP contribution is 2.53. The number of rotatable bonds is 4. The van der Waals surface area contributed by atoms with E-state index in [1.807, 2.05) is 18.2 Å². The van der Waals surface area contributed by atoms with Gasteiger partial charge in [0.2, 0.25) is 0 Å². The number of H-pyrrole nitrogens is 1. The first-order valence-corrected chi connectivity index (χ1v) is 11.6. The Morgan fingerprint density at radius 1 is 1.23 bits per heavy atom. The van der Waals surface area contributed by atoms with Gasteiger partial charge < -0.3 is 25.7 Å². The van der Waals surface area contributed by atoms with Crippen molar-refractivity contribution in [3.05, 3.63) is 48.5 Å². The van der Waals surface area contributed by atoms with Crippen LogP contribution in [-0.4, -0.2) is 51.1 Å². The third kappa shape index (κ3) is 3.17. The first kappa shape index (κ1) is 20.3. The summed E-state index contributed by atoms with van der Waals surface area (Å²) in [7, 11) is 1.76. The number of benzene rings is 1. The molecule has 7 rings (SSSR count). The van der Waals surface area contributed by atoms with Crippen LogP contribution < -0.4 is 20.7 Å². The molecule has 4 N–H and O–H groups in total. The van der Waals surface area contributed by atoms with Gasteiger partial charge in [0.25, 0.3) is 0 Å². The molecular weight excluding hydrogens is 447 g/mol. The molecule has 2 atom stereocenters. The molecule has 35 heavy (non-hydrogen) atoms. The topological polar surface area (TPSA) is 118 Å². The fourth-order valence-electron chi connectivity index (χ4n) is 5.32. The Balaban J connectivity index is 1.39. The highest BCUT2D eigenvalue weighted by molar-refractivity contribution is 6.14. The Morgan fingerprint density at radius 2 is 2.11 bits per heavy atom. The second kappa shape index (κ2) is 7.22. The molecule has 0 amide bonds. The van der Waals surface area contributed by atoms with Gasteiger partial charge in [-0.15, -0.1) is 0 Å². The van der Waals surface area contributed by atoms with Crippen LogP contribution in [0.2, 0.25) is 0 Å². The van der Waals surface area contributed by atoms with Crippen molar-refractivity contribution in [3.63, 3.8) is 0 Å². The highest BCUT2D eigenvalue weighted by Gasteiger charge is 2.56. The molecule has 0 radical (unpaired) electrons. The number of halogens is 1. The predicted molar refractivity (Wildman–Crippen MR) is 132 cm³/mol. The number of fused-ring (bicyclic) bond motifs is 4. The SMILES string of the molecule is CNc1cc(F)cc2c1[nH]c1nc(Oc3cnc4cccnc4c3)nc(N3CC[C@@]4(C[C@H]4N)C3)c12. The van der Waals surface area contributed by atoms with Crippen molar-refractivity contribution >= 4 is 44.5 Å². The van der Waals surface area contributed by atoms with Crippen molar-refractivity contribution < 1.29 is 9.13 Å². The van der Waals surface area contributed by atoms with Crippen LogP contribution in [0.25, 0.3) is 33.0 Å². The minimum Gasteiger partial charge on any atom is -0.422 e. The molecule has 176 valence electrons. The smallest absolute Gasteiger partial charge is 0.326 e. The van der Waals surface area contributed by atoms with Gasteiger partial charge in [0.05, 0.1) is 33.8 Å². The first-order valence-electron chi connectivity index (χ1n) is 11.6. The molecule has 1 aliphatic heterocycles. The van der Waals surface area contributed by atoms with E-state index in [1.54, 1.807) is 19.4 Å². The minimum absolute atomic E-state index is 0.139. The van der Waals surface area contributed by atoms with Crippen molar-refractivity contribution in [3.8, 4) is 11.8 Å². The summed E-state index contributed by atoms with van der Waals surface area (Å²) in [5.74, 6) is 0.874. The maximum atomic E-state index is 14.5. The Labute approximate surface area is 199 Å². The van der Waals surface area contributed by atoms with Gasteiger partial charge in [-0.2, -0.15) is 9.97 Å². The number of aromatic amines is 1. The van der Waals surface area contributed by atoms with Crippen molar-refractivity contribution in [2.45, 2.75) is 18.9 Å². The first-order chi connectivity index (χ1) is 17.0. The van der Waals surface area contributed by atoms with E-state index >= 15 is 0 Å². The summed E-state index contributed by atoms with van der Waals surface area (Å²) in [5.41, 5.74) is 9.89. The molecule has 5 aromatic rings. The van der Waals surface area contributed by atoms with Gasteiger partial charge in [-0.05, 0) is 37.1 Å². The van der Waals surface area contributed by atoms with E-state index in [9.17, 15) is 4.39 Å². The van der Waals surface area contributed by atoms with Gasteiger partial charge >= 0.3 is 6.01 Å². The Hall–Kier alpha value is -4.05. The van der Waals surface area contributed by atoms with Crippen LogP contribution >= 0.6 is 0 Å². The van der Waals surface area contributed by atoms with Crippen molar-refractivity contribution in [2.75, 3.05) is 30.4 Å². The van der Waals surface area contributed by atoms with Crippen LogP contribution in [0.1, 0.15) is 12.8 Å². The molecule has 5 heterocycles. The van der Waals surface area contributed by atoms with Crippen LogP contribution in [-0.2, 0) is 0 Å². The van der Waals surface area contributed by atoms with E-state index in [2.05, 4.69) is 30.2 Å². The molecule has 2 fully saturated rings. The Bertz CT molecular complexity index is 1640. The third-order valence-electron chi connectivity index (χ3n) is 7.33. The van der Waals surface area contributed by atoms with Crippen LogP contribution in [0.15, 0.2) is 42.7 Å². The molecule has 0 unspecified atom stereocenters. The summed E-state index contributed by atoms with van der Waals surface area (Å²) in [6, 6.07) is 8.92. The van der Waals surface area contributed by atoms with Crippen molar-refractivity contribution in [1.82, 2.24) is 24.9 Å². The fraction of sp³-hybridized carbons (Fsp3) is 0.280. The van der Waals surface area contributed by atoms with Crippen LogP contribution in [0.3, 0.4) is 0 Å². The number of ether oxygens (including phenoxy) is 1. The van der Waals surface area contributed by atoms with E-state index in [0.29, 0.717) is 22.9 Å². The quantitative estimate of drug-likeness (QED) is 0.361. The summed E-state index contributed by atoms with van der Waals surface area (Å²) in [6.45, 7) is 1.63. The molecule has 1 saturated heterocycles. The Kier molecular flexibility index (Phi) is 4.20. The van der Waals surface area contributed by atoms with Gasteiger partial charge in [0.15, 0.2) is 5.75 Å². The lowest BCUT2D eigenvalue weighted by atomic mass is 10.1. The zero-order valence-corrected chi connectivity index (χ0v) is 19.0. The van der Waals surface area contributed by atoms with Crippen LogP contribution in [0, 0.1) is 11.2 Å². The zero-order chi connectivity index (χ0) is 23.7. The van der Waals surface area contributed by atoms with Gasteiger partial charge in [-0.3, -0.25) is 9.97 Å². The molecule has 1 spiro atoms. The van der Waals surface area contributed by atoms with E-state index < -0.39 is 0 Å². The number of hydrogen-bond acceptors (Lipinski definition) is 8. The summed E-state index contributed by atoms with van der Waals surface area (Å²) in [5, 5.41) is 4.56. The maximum Gasteiger partial charge on any atom is 0.326 e. The predicted octanol–water partition coefficient (Wildman–Crippen LogP) is 3.95. The number of anilines is 2. The van der Waals surface area contributed by atoms with Gasteiger partial charge in [-0.25, -0.2) is 4.39 Å². The molecule has 1 aromatic carbocycles. The van der Waals surface area contributed by atoms with Crippen LogP contribution in [0.4, 0.5) is 15.9 Å². The molecular formula is C25H23FN8O. The zero-order valence-electron chi connectivity index (χ0n) is 19.0. The summed E-state index contributed by atoms with van der Waals surface area (Å²) in [6.07, 6.45) is 5.37. The van der Waals surface area contributed by atoms with E-state index in [-0.39, 0.29) is 23.3 Å². The number of nitrogens with one attached hydrogen (secondary N) is 2. The van der Waals surface area contributed by atoms with E-state index in [4.69, 9.17) is 15.5 Å². The lowest BCUT2D eigenvalue weighted by Gasteiger charge is -2.19. The van der Waals surface area contributed by atoms with Crippen molar-refractivity contribution in [2.24, 2.45) is 11.1 Å². The number of pyridine rings is 2. The molecule has 1 aliphatic carbocycles. The number of hydrogen-bond donors (Lipinski definition) is 3. The van der Waals surface area contributed by atoms with Crippen LogP contribution in [0.5, 0.6) is 11.8 Å². The standard InChI is InChI=1S/C25H23FN8O/c1-28-18-8-13(26)7-15-20-22(31-21(15)18)32-24(33-23(20)34-6-4-25(12-34)10-19(25)27)35-14-9-17-16(30-11-14)3-2-5-29-17/h2-3,5,7-9,11,19,28H,4,6,10,12,27H2,1H3,(H,31,32,33)/t19-,25-/m1/s1. The summed E-state index contributed by atoms with van der Waals surface area (Å²) < 4.78 is 20.6. The lowest BCUT2D eigenvalue weighted by Crippen LogP contribution is -2.24. The average molecular weight is 471 g/mol. The molecule has 2 aliphatic rings. The number of aromatic nitrogens is 5. The van der Waals surface area contributed by atoms with Crippen molar-refractivity contribution in [1.29, 1.82) is 0 Å². The van der Waals surface area contributed by atoms with Gasteiger partial charge in [-0.1, -0.05) is 0 Å². The molecule has 10 heteroatoms. The normalized spacial score (nSPS) is 21.5. The van der Waals surface area contributed by atoms with E-state index in [1.165, 1.54) is 12.1 Å². The second-order valence-electron chi connectivity index (χ2n) is 9.46. The minimum atomic E-state index is -0.328.